The number of nitrogens with one attached hydrogen (secondary N) is 1. The van der Waals surface area contributed by atoms with Crippen molar-refractivity contribution in [2.24, 2.45) is 0 Å². The molecule has 0 saturated heterocycles. The highest BCUT2D eigenvalue weighted by molar-refractivity contribution is 9.10. The van der Waals surface area contributed by atoms with Gasteiger partial charge in [-0.2, -0.15) is 0 Å². The van der Waals surface area contributed by atoms with Gasteiger partial charge in [-0.25, -0.2) is 4.79 Å². The van der Waals surface area contributed by atoms with Gasteiger partial charge in [-0.15, -0.1) is 0 Å². The van der Waals surface area contributed by atoms with Crippen LogP contribution in [0.25, 0.3) is 0 Å². The van der Waals surface area contributed by atoms with Crippen molar-refractivity contribution in [2.75, 3.05) is 5.32 Å². The molecule has 6 heteroatoms. The van der Waals surface area contributed by atoms with Gasteiger partial charge < -0.3 is 10.4 Å². The molecule has 0 aliphatic heterocycles. The Labute approximate surface area is 138 Å². The molecule has 20 heavy (non-hydrogen) atoms. The number of aliphatic carboxylic acids is 1. The minimum Gasteiger partial charge on any atom is -0.479 e. The van der Waals surface area contributed by atoms with E-state index in [0.29, 0.717) is 16.3 Å². The number of carbonyl (C=O) groups is 1. The molecule has 0 heterocycles. The average Bonchev–Trinajstić information content (AvgIpc) is 2.41. The Kier molecular flexibility index (Phi) is 5.07. The summed E-state index contributed by atoms with van der Waals surface area (Å²) in [6, 6.07) is 11.5. The number of hydrogen-bond acceptors (Lipinski definition) is 2. The normalized spacial score (nSPS) is 11.9. The summed E-state index contributed by atoms with van der Waals surface area (Å²) in [5.74, 6) is -0.993. The lowest BCUT2D eigenvalue weighted by atomic mass is 10.1. The van der Waals surface area contributed by atoms with Crippen LogP contribution in [0.4, 0.5) is 5.69 Å². The summed E-state index contributed by atoms with van der Waals surface area (Å²) in [5, 5.41) is 12.8. The van der Waals surface area contributed by atoms with Gasteiger partial charge in [-0.1, -0.05) is 43.5 Å². The third kappa shape index (κ3) is 3.75. The molecule has 0 aliphatic carbocycles. The van der Waals surface area contributed by atoms with E-state index >= 15 is 0 Å². The Morgan fingerprint density at radius 1 is 1.10 bits per heavy atom. The molecule has 0 radical (unpaired) electrons. The van der Waals surface area contributed by atoms with Crippen LogP contribution >= 0.6 is 43.5 Å². The molecule has 2 N–H and O–H groups in total. The zero-order valence-corrected chi connectivity index (χ0v) is 14.0. The van der Waals surface area contributed by atoms with Crippen molar-refractivity contribution < 1.29 is 9.90 Å². The van der Waals surface area contributed by atoms with Crippen LogP contribution in [-0.4, -0.2) is 11.1 Å². The van der Waals surface area contributed by atoms with Gasteiger partial charge in [-0.3, -0.25) is 0 Å². The first kappa shape index (κ1) is 15.4. The van der Waals surface area contributed by atoms with E-state index < -0.39 is 12.0 Å². The number of anilines is 1. The maximum atomic E-state index is 11.5. The second kappa shape index (κ2) is 6.61. The van der Waals surface area contributed by atoms with Crippen LogP contribution in [0.5, 0.6) is 0 Å². The number of carboxylic acids is 1. The molecule has 0 aliphatic rings. The summed E-state index contributed by atoms with van der Waals surface area (Å²) in [5.41, 5.74) is 1.22. The highest BCUT2D eigenvalue weighted by Gasteiger charge is 2.22. The van der Waals surface area contributed by atoms with Crippen LogP contribution in [0.15, 0.2) is 51.4 Å². The molecule has 2 aromatic carbocycles. The number of carboxylic acid groups (broad SMARTS) is 1. The van der Waals surface area contributed by atoms with E-state index in [4.69, 9.17) is 11.6 Å². The maximum Gasteiger partial charge on any atom is 0.330 e. The van der Waals surface area contributed by atoms with Gasteiger partial charge in [0.1, 0.15) is 0 Å². The van der Waals surface area contributed by atoms with E-state index in [2.05, 4.69) is 37.2 Å². The number of rotatable bonds is 4. The van der Waals surface area contributed by atoms with Gasteiger partial charge in [0.15, 0.2) is 6.04 Å². The smallest absolute Gasteiger partial charge is 0.330 e. The molecule has 0 saturated carbocycles. The zero-order chi connectivity index (χ0) is 14.7. The third-order valence-electron chi connectivity index (χ3n) is 2.67. The van der Waals surface area contributed by atoms with Gasteiger partial charge >= 0.3 is 5.97 Å². The number of benzene rings is 2. The molecule has 104 valence electrons. The van der Waals surface area contributed by atoms with Crippen LogP contribution in [0.3, 0.4) is 0 Å². The Hall–Kier alpha value is -1.04. The first-order valence-electron chi connectivity index (χ1n) is 5.67. The molecule has 0 bridgehead atoms. The Morgan fingerprint density at radius 3 is 2.30 bits per heavy atom. The SMILES string of the molecule is O=C(O)C(Nc1ccc(Br)cc1)c1cc(Br)ccc1Cl. The van der Waals surface area contributed by atoms with Crippen molar-refractivity contribution in [3.8, 4) is 0 Å². The fourth-order valence-electron chi connectivity index (χ4n) is 1.72. The topological polar surface area (TPSA) is 49.3 Å². The lowest BCUT2D eigenvalue weighted by Gasteiger charge is -2.17. The summed E-state index contributed by atoms with van der Waals surface area (Å²) in [7, 11) is 0. The van der Waals surface area contributed by atoms with Crippen molar-refractivity contribution in [3.05, 3.63) is 62.0 Å². The van der Waals surface area contributed by atoms with Gasteiger partial charge in [0.25, 0.3) is 0 Å². The van der Waals surface area contributed by atoms with E-state index in [9.17, 15) is 9.90 Å². The minimum atomic E-state index is -0.993. The highest BCUT2D eigenvalue weighted by atomic mass is 79.9. The largest absolute Gasteiger partial charge is 0.479 e. The van der Waals surface area contributed by atoms with Gasteiger partial charge in [0, 0.05) is 25.2 Å². The van der Waals surface area contributed by atoms with Crippen molar-refractivity contribution in [1.29, 1.82) is 0 Å². The van der Waals surface area contributed by atoms with Gasteiger partial charge in [0.2, 0.25) is 0 Å². The fourth-order valence-corrected chi connectivity index (χ4v) is 2.59. The summed E-state index contributed by atoms with van der Waals surface area (Å²) in [6.07, 6.45) is 0. The Morgan fingerprint density at radius 2 is 1.70 bits per heavy atom. The lowest BCUT2D eigenvalue weighted by molar-refractivity contribution is -0.138. The van der Waals surface area contributed by atoms with Crippen molar-refractivity contribution in [2.45, 2.75) is 6.04 Å². The average molecular weight is 420 g/mol. The summed E-state index contributed by atoms with van der Waals surface area (Å²) >= 11 is 12.8. The molecule has 3 nitrogen and oxygen atoms in total. The van der Waals surface area contributed by atoms with E-state index in [1.54, 1.807) is 30.3 Å². The van der Waals surface area contributed by atoms with Crippen LogP contribution in [0.1, 0.15) is 11.6 Å². The molecule has 0 fully saturated rings. The van der Waals surface area contributed by atoms with Crippen LogP contribution in [-0.2, 0) is 4.79 Å². The Bertz CT molecular complexity index is 632. The zero-order valence-electron chi connectivity index (χ0n) is 10.1. The van der Waals surface area contributed by atoms with Crippen LogP contribution < -0.4 is 5.32 Å². The minimum absolute atomic E-state index is 0.408. The van der Waals surface area contributed by atoms with E-state index in [1.165, 1.54) is 0 Å². The highest BCUT2D eigenvalue weighted by Crippen LogP contribution is 2.29. The molecule has 2 rings (SSSR count). The first-order chi connectivity index (χ1) is 9.47. The predicted octanol–water partition coefficient (Wildman–Crippen LogP) is 5.10. The second-order valence-corrected chi connectivity index (χ2v) is 6.33. The van der Waals surface area contributed by atoms with E-state index in [-0.39, 0.29) is 0 Å². The quantitative estimate of drug-likeness (QED) is 0.725. The summed E-state index contributed by atoms with van der Waals surface area (Å²) in [6.45, 7) is 0. The molecule has 1 atom stereocenters. The fraction of sp³-hybridized carbons (Fsp3) is 0.0714. The molecule has 2 aromatic rings. The molecule has 0 spiro atoms. The van der Waals surface area contributed by atoms with E-state index in [0.717, 1.165) is 8.95 Å². The predicted molar refractivity (Wildman–Crippen MR) is 87.3 cm³/mol. The molecule has 0 amide bonds. The summed E-state index contributed by atoms with van der Waals surface area (Å²) < 4.78 is 1.70. The Balaban J connectivity index is 2.34. The summed E-state index contributed by atoms with van der Waals surface area (Å²) in [4.78, 5) is 11.5. The number of halogens is 3. The van der Waals surface area contributed by atoms with Gasteiger partial charge in [0.05, 0.1) is 0 Å². The second-order valence-electron chi connectivity index (χ2n) is 4.09. The molecular formula is C14H10Br2ClNO2. The molecule has 1 unspecified atom stereocenters. The van der Waals surface area contributed by atoms with Crippen molar-refractivity contribution in [3.63, 3.8) is 0 Å². The monoisotopic (exact) mass is 417 g/mol. The van der Waals surface area contributed by atoms with Crippen molar-refractivity contribution >= 4 is 55.1 Å². The first-order valence-corrected chi connectivity index (χ1v) is 7.63. The maximum absolute atomic E-state index is 11.5. The van der Waals surface area contributed by atoms with Crippen LogP contribution in [0.2, 0.25) is 5.02 Å². The van der Waals surface area contributed by atoms with E-state index in [1.807, 2.05) is 12.1 Å². The molecule has 0 aromatic heterocycles. The lowest BCUT2D eigenvalue weighted by Crippen LogP contribution is -2.20. The third-order valence-corrected chi connectivity index (χ3v) is 4.04. The number of hydrogen-bond donors (Lipinski definition) is 2. The van der Waals surface area contributed by atoms with Crippen molar-refractivity contribution in [1.82, 2.24) is 0 Å². The van der Waals surface area contributed by atoms with Gasteiger partial charge in [-0.05, 0) is 42.5 Å². The molecular weight excluding hydrogens is 409 g/mol. The van der Waals surface area contributed by atoms with Crippen LogP contribution in [0, 0.1) is 0 Å². The standard InChI is InChI=1S/C14H10Br2ClNO2/c15-8-1-4-10(5-2-8)18-13(14(19)20)11-7-9(16)3-6-12(11)17/h1-7,13,18H,(H,19,20).